The molecule has 0 spiro atoms. The summed E-state index contributed by atoms with van der Waals surface area (Å²) in [6, 6.07) is 7.59. The van der Waals surface area contributed by atoms with Crippen LogP contribution < -0.4 is 16.4 Å². The van der Waals surface area contributed by atoms with E-state index in [-0.39, 0.29) is 17.7 Å². The van der Waals surface area contributed by atoms with E-state index in [2.05, 4.69) is 15.5 Å². The second-order valence-electron chi connectivity index (χ2n) is 7.25. The molecule has 4 N–H and O–H groups in total. The highest BCUT2D eigenvalue weighted by Crippen LogP contribution is 2.19. The molecule has 1 aliphatic rings. The van der Waals surface area contributed by atoms with Gasteiger partial charge in [-0.25, -0.2) is 4.99 Å². The maximum Gasteiger partial charge on any atom is 0.251 e. The third-order valence-corrected chi connectivity index (χ3v) is 4.78. The highest BCUT2D eigenvalue weighted by atomic mass is 16.2. The average molecular weight is 388 g/mol. The zero-order valence-electron chi connectivity index (χ0n) is 17.0. The van der Waals surface area contributed by atoms with Gasteiger partial charge in [-0.15, -0.1) is 0 Å². The minimum atomic E-state index is -0.244. The minimum Gasteiger partial charge on any atom is -0.370 e. The lowest BCUT2D eigenvalue weighted by Crippen LogP contribution is -2.47. The van der Waals surface area contributed by atoms with E-state index < -0.39 is 0 Å². The van der Waals surface area contributed by atoms with Gasteiger partial charge in [-0.1, -0.05) is 19.1 Å². The molecule has 1 unspecified atom stereocenters. The minimum absolute atomic E-state index is 0.0510. The first-order valence-corrected chi connectivity index (χ1v) is 10.2. The summed E-state index contributed by atoms with van der Waals surface area (Å²) in [4.78, 5) is 30.4. The third-order valence-electron chi connectivity index (χ3n) is 4.78. The van der Waals surface area contributed by atoms with Crippen molar-refractivity contribution in [2.75, 3.05) is 26.2 Å². The Kier molecular flexibility index (Phi) is 8.78. The van der Waals surface area contributed by atoms with Gasteiger partial charge in [0.25, 0.3) is 5.91 Å². The van der Waals surface area contributed by atoms with E-state index in [0.29, 0.717) is 25.1 Å². The Morgan fingerprint density at radius 2 is 2.11 bits per heavy atom. The van der Waals surface area contributed by atoms with Gasteiger partial charge in [0.15, 0.2) is 5.96 Å². The Morgan fingerprint density at radius 3 is 2.82 bits per heavy atom. The third kappa shape index (κ3) is 6.87. The van der Waals surface area contributed by atoms with E-state index >= 15 is 0 Å². The van der Waals surface area contributed by atoms with Crippen molar-refractivity contribution in [3.8, 4) is 0 Å². The summed E-state index contributed by atoms with van der Waals surface area (Å²) in [5, 5.41) is 6.24. The summed E-state index contributed by atoms with van der Waals surface area (Å²) < 4.78 is 0. The molecule has 0 bridgehead atoms. The maximum absolute atomic E-state index is 12.2. The number of carbonyl (C=O) groups is 2. The summed E-state index contributed by atoms with van der Waals surface area (Å²) in [7, 11) is 0. The van der Waals surface area contributed by atoms with Crippen molar-refractivity contribution in [3.63, 3.8) is 0 Å². The van der Waals surface area contributed by atoms with Crippen molar-refractivity contribution in [1.82, 2.24) is 15.5 Å². The summed E-state index contributed by atoms with van der Waals surface area (Å²) in [5.41, 5.74) is 7.02. The van der Waals surface area contributed by atoms with Gasteiger partial charge < -0.3 is 21.3 Å². The monoisotopic (exact) mass is 387 g/mol. The second kappa shape index (κ2) is 11.3. The van der Waals surface area contributed by atoms with Crippen LogP contribution in [-0.2, 0) is 11.3 Å². The van der Waals surface area contributed by atoms with Crippen LogP contribution in [-0.4, -0.2) is 48.9 Å². The lowest BCUT2D eigenvalue weighted by Gasteiger charge is -2.34. The second-order valence-corrected chi connectivity index (χ2v) is 7.25. The van der Waals surface area contributed by atoms with Crippen LogP contribution in [0.3, 0.4) is 0 Å². The van der Waals surface area contributed by atoms with Gasteiger partial charge in [0.2, 0.25) is 5.91 Å². The summed E-state index contributed by atoms with van der Waals surface area (Å²) in [6.45, 7) is 7.72. The molecular formula is C21H33N5O2. The van der Waals surface area contributed by atoms with Crippen LogP contribution in [0, 0.1) is 5.92 Å². The van der Waals surface area contributed by atoms with Crippen LogP contribution in [0.25, 0.3) is 0 Å². The molecule has 28 heavy (non-hydrogen) atoms. The van der Waals surface area contributed by atoms with Gasteiger partial charge in [-0.2, -0.15) is 0 Å². The number of piperidine rings is 1. The van der Waals surface area contributed by atoms with E-state index in [1.165, 1.54) is 0 Å². The molecule has 1 aromatic rings. The number of aliphatic imine (C=N–C) groups is 1. The smallest absolute Gasteiger partial charge is 0.251 e. The predicted octanol–water partition coefficient (Wildman–Crippen LogP) is 1.88. The Bertz CT molecular complexity index is 689. The number of nitrogens with two attached hydrogens (primary N) is 1. The van der Waals surface area contributed by atoms with E-state index in [1.807, 2.05) is 38.1 Å². The van der Waals surface area contributed by atoms with E-state index in [4.69, 9.17) is 10.7 Å². The van der Waals surface area contributed by atoms with E-state index in [0.717, 1.165) is 50.4 Å². The number of carbonyl (C=O) groups excluding carboxylic acids is 2. The van der Waals surface area contributed by atoms with Gasteiger partial charge >= 0.3 is 0 Å². The highest BCUT2D eigenvalue weighted by Gasteiger charge is 2.23. The molecule has 2 amide bonds. The molecule has 2 rings (SSSR count). The molecule has 0 saturated carbocycles. The molecule has 1 aromatic carbocycles. The zero-order chi connectivity index (χ0) is 20.4. The average Bonchev–Trinajstić information content (AvgIpc) is 2.69. The molecule has 1 aliphatic heterocycles. The first-order chi connectivity index (χ1) is 13.5. The van der Waals surface area contributed by atoms with E-state index in [1.54, 1.807) is 0 Å². The summed E-state index contributed by atoms with van der Waals surface area (Å²) in [6.07, 6.45) is 3.38. The zero-order valence-corrected chi connectivity index (χ0v) is 17.0. The summed E-state index contributed by atoms with van der Waals surface area (Å²) in [5.74, 6) is 0.829. The van der Waals surface area contributed by atoms with Crippen molar-refractivity contribution < 1.29 is 9.59 Å². The molecule has 0 aliphatic carbocycles. The fraction of sp³-hybridized carbons (Fsp3) is 0.571. The Hall–Kier alpha value is -2.57. The van der Waals surface area contributed by atoms with Gasteiger partial charge in [0, 0.05) is 38.2 Å². The van der Waals surface area contributed by atoms with Crippen LogP contribution in [0.2, 0.25) is 0 Å². The summed E-state index contributed by atoms with van der Waals surface area (Å²) >= 11 is 0. The normalized spacial score (nSPS) is 17.3. The quantitative estimate of drug-likeness (QED) is 0.468. The number of benzene rings is 1. The molecule has 0 aromatic heterocycles. The number of hydrogen-bond acceptors (Lipinski definition) is 3. The van der Waals surface area contributed by atoms with Gasteiger partial charge in [-0.3, -0.25) is 9.59 Å². The maximum atomic E-state index is 12.2. The van der Waals surface area contributed by atoms with Gasteiger partial charge in [0.1, 0.15) is 0 Å². The molecule has 1 saturated heterocycles. The van der Waals surface area contributed by atoms with E-state index in [9.17, 15) is 9.59 Å². The Morgan fingerprint density at radius 1 is 1.29 bits per heavy atom. The van der Waals surface area contributed by atoms with Crippen LogP contribution in [0.4, 0.5) is 0 Å². The fourth-order valence-electron chi connectivity index (χ4n) is 3.45. The lowest BCUT2D eigenvalue weighted by atomic mass is 9.95. The van der Waals surface area contributed by atoms with Crippen LogP contribution in [0.15, 0.2) is 29.3 Å². The van der Waals surface area contributed by atoms with Crippen LogP contribution >= 0.6 is 0 Å². The number of nitrogens with one attached hydrogen (secondary N) is 2. The van der Waals surface area contributed by atoms with Crippen molar-refractivity contribution in [2.45, 2.75) is 46.1 Å². The fourth-order valence-corrected chi connectivity index (χ4v) is 3.45. The van der Waals surface area contributed by atoms with Crippen molar-refractivity contribution in [2.24, 2.45) is 16.6 Å². The molecule has 0 radical (unpaired) electrons. The molecule has 154 valence electrons. The molecule has 1 atom stereocenters. The molecule has 7 heteroatoms. The topological polar surface area (TPSA) is 99.8 Å². The number of primary amides is 1. The SMILES string of the molecule is CCCNC(=O)c1cccc(CN=C(NCC)N2CCCC(CC(N)=O)C2)c1. The van der Waals surface area contributed by atoms with Crippen molar-refractivity contribution in [1.29, 1.82) is 0 Å². The first-order valence-electron chi connectivity index (χ1n) is 10.2. The molecular weight excluding hydrogens is 354 g/mol. The standard InChI is InChI=1S/C21H33N5O2/c1-3-10-24-20(28)18-9-5-7-16(12-18)14-25-21(23-4-2)26-11-6-8-17(15-26)13-19(22)27/h5,7,9,12,17H,3-4,6,8,10-11,13-15H2,1-2H3,(H2,22,27)(H,23,25)(H,24,28). The van der Waals surface area contributed by atoms with Crippen molar-refractivity contribution >= 4 is 17.8 Å². The largest absolute Gasteiger partial charge is 0.370 e. The molecule has 1 heterocycles. The number of amides is 2. The van der Waals surface area contributed by atoms with Crippen molar-refractivity contribution in [3.05, 3.63) is 35.4 Å². The molecule has 1 fully saturated rings. The van der Waals surface area contributed by atoms with Crippen LogP contribution in [0.5, 0.6) is 0 Å². The number of hydrogen-bond donors (Lipinski definition) is 3. The van der Waals surface area contributed by atoms with Gasteiger partial charge in [-0.05, 0) is 49.8 Å². The molecule has 7 nitrogen and oxygen atoms in total. The number of nitrogens with zero attached hydrogens (tertiary/aromatic N) is 2. The predicted molar refractivity (Wildman–Crippen MR) is 112 cm³/mol. The number of rotatable bonds is 8. The van der Waals surface area contributed by atoms with Gasteiger partial charge in [0.05, 0.1) is 6.54 Å². The highest BCUT2D eigenvalue weighted by molar-refractivity contribution is 5.94. The van der Waals surface area contributed by atoms with Crippen LogP contribution in [0.1, 0.15) is 55.5 Å². The number of likely N-dealkylation sites (tertiary alicyclic amines) is 1. The Balaban J connectivity index is 2.06. The Labute approximate surface area is 167 Å². The number of guanidine groups is 1. The first kappa shape index (κ1) is 21.7. The lowest BCUT2D eigenvalue weighted by molar-refractivity contribution is -0.119.